The van der Waals surface area contributed by atoms with Crippen LogP contribution in [0.2, 0.25) is 0 Å². The first kappa shape index (κ1) is 74.1. The molecule has 3 aromatic heterocycles. The molecule has 9 heterocycles. The van der Waals surface area contributed by atoms with Gasteiger partial charge in [0.1, 0.15) is 45.3 Å². The highest BCUT2D eigenvalue weighted by atomic mass is 19.4. The number of rotatable bonds is 13. The standard InChI is InChI=1S/C29H31F3N6O4.C27H32N6O3.C22H24N6O/c1-27(2,3)42-26(40)37-15-12-28(13-16-37)18-22(21-6-4-5-7-23(21)41-28)19-8-10-20(11-9-19)24-34-36-38(35-24)17-14-33-25(39)29(30,31)32;1-26(2,3)36-25(34)32-15-12-27(13-16-32)18-22(21-6-4-5-7-23(21)35-27)19-8-10-20(11-9-19)24-29-31-33(30-24)17-14-28;23-11-14-28-26-21(25-27-28)17-7-5-16(6-8-17)19-15-22(9-12-24-13-10-22)29-20-4-2-1-3-18(19)20/h4-11,18H,12-17H2,1-3H3,(H,33,39);4-11,18H,12-17,28H2,1-3H3;1-8,15,24H,9-14,23H2. The highest BCUT2D eigenvalue weighted by Crippen LogP contribution is 2.47. The number of para-hydroxylation sites is 3. The van der Waals surface area contributed by atoms with Gasteiger partial charge in [-0.05, 0) is 140 Å². The summed E-state index contributed by atoms with van der Waals surface area (Å²) >= 11 is 0. The number of nitrogens with zero attached hydrogens (tertiary/aromatic N) is 14. The first-order valence-electron chi connectivity index (χ1n) is 35.9. The van der Waals surface area contributed by atoms with E-state index in [0.717, 1.165) is 104 Å². The molecule has 29 heteroatoms. The van der Waals surface area contributed by atoms with Crippen LogP contribution in [-0.2, 0) is 33.9 Å². The molecule has 15 rings (SSSR count). The zero-order chi connectivity index (χ0) is 75.1. The summed E-state index contributed by atoms with van der Waals surface area (Å²) in [5.41, 5.74) is 21.0. The summed E-state index contributed by atoms with van der Waals surface area (Å²) in [5, 5.41) is 42.4. The number of hydrogen-bond acceptors (Lipinski definition) is 20. The molecule has 0 radical (unpaired) electrons. The number of halogens is 3. The van der Waals surface area contributed by atoms with E-state index in [1.54, 1.807) is 15.1 Å². The Kier molecular flexibility index (Phi) is 21.5. The number of piperidine rings is 3. The summed E-state index contributed by atoms with van der Waals surface area (Å²) in [6.45, 7) is 17.0. The molecule has 3 fully saturated rings. The summed E-state index contributed by atoms with van der Waals surface area (Å²) in [5.74, 6) is 2.06. The van der Waals surface area contributed by atoms with E-state index in [-0.39, 0.29) is 30.9 Å². The Morgan fingerprint density at radius 1 is 0.458 bits per heavy atom. The number of aromatic nitrogens is 12. The summed E-state index contributed by atoms with van der Waals surface area (Å²) < 4.78 is 67.7. The maximum Gasteiger partial charge on any atom is 0.471 e. The summed E-state index contributed by atoms with van der Waals surface area (Å²) in [6, 6.07) is 48.3. The van der Waals surface area contributed by atoms with Gasteiger partial charge in [0.05, 0.1) is 19.6 Å². The number of tetrazole rings is 3. The second-order valence-electron chi connectivity index (χ2n) is 29.0. The molecular weight excluding hydrogens is 1370 g/mol. The number of amides is 3. The number of fused-ring (bicyclic) bond motifs is 3. The van der Waals surface area contributed by atoms with Crippen LogP contribution in [0, 0.1) is 0 Å². The van der Waals surface area contributed by atoms with Gasteiger partial charge in [0.2, 0.25) is 17.5 Å². The number of benzene rings is 6. The maximum atomic E-state index is 12.6. The lowest BCUT2D eigenvalue weighted by Crippen LogP contribution is -2.50. The van der Waals surface area contributed by atoms with E-state index < -0.39 is 34.5 Å². The minimum absolute atomic E-state index is 0.0655. The predicted octanol–water partition coefficient (Wildman–Crippen LogP) is 10.8. The van der Waals surface area contributed by atoms with Crippen LogP contribution in [0.5, 0.6) is 17.2 Å². The van der Waals surface area contributed by atoms with Gasteiger partial charge in [0.25, 0.3) is 0 Å². The largest absolute Gasteiger partial charge is 0.482 e. The fourth-order valence-corrected chi connectivity index (χ4v) is 13.6. The second-order valence-corrected chi connectivity index (χ2v) is 29.0. The molecule has 6 aliphatic rings. The normalized spacial score (nSPS) is 16.8. The van der Waals surface area contributed by atoms with Crippen LogP contribution in [0.4, 0.5) is 22.8 Å². The average molecular weight is 1460 g/mol. The highest BCUT2D eigenvalue weighted by molar-refractivity contribution is 5.88. The Hall–Kier alpha value is -11.2. The number of likely N-dealkylation sites (tertiary alicyclic amines) is 2. The molecule has 9 aromatic rings. The molecule has 3 spiro atoms. The van der Waals surface area contributed by atoms with Crippen LogP contribution >= 0.6 is 0 Å². The lowest BCUT2D eigenvalue weighted by Gasteiger charge is -2.43. The topological polar surface area (TPSA) is 311 Å². The second kappa shape index (κ2) is 31.1. The quantitative estimate of drug-likeness (QED) is 0.0833. The molecule has 0 atom stereocenters. The summed E-state index contributed by atoms with van der Waals surface area (Å²) in [7, 11) is 0. The van der Waals surface area contributed by atoms with Gasteiger partial charge < -0.3 is 55.6 Å². The minimum Gasteiger partial charge on any atom is -0.482 e. The first-order valence-corrected chi connectivity index (χ1v) is 35.9. The molecule has 26 nitrogen and oxygen atoms in total. The fraction of sp³-hybridized carbons (Fsp3) is 0.385. The van der Waals surface area contributed by atoms with Crippen LogP contribution in [0.15, 0.2) is 164 Å². The number of carbonyl (C=O) groups excluding carboxylic acids is 3. The number of alkyl halides is 3. The van der Waals surface area contributed by atoms with Crippen molar-refractivity contribution in [3.8, 4) is 51.4 Å². The van der Waals surface area contributed by atoms with Crippen molar-refractivity contribution in [3.63, 3.8) is 0 Å². The molecule has 0 saturated carbocycles. The van der Waals surface area contributed by atoms with Crippen LogP contribution in [0.3, 0.4) is 0 Å². The van der Waals surface area contributed by atoms with Gasteiger partial charge in [-0.2, -0.15) is 27.6 Å². The summed E-state index contributed by atoms with van der Waals surface area (Å²) in [6.07, 6.45) is 5.68. The maximum absolute atomic E-state index is 12.6. The zero-order valence-corrected chi connectivity index (χ0v) is 60.6. The van der Waals surface area contributed by atoms with Crippen molar-refractivity contribution in [1.82, 2.24) is 81.1 Å². The number of carbonyl (C=O) groups is 3. The van der Waals surface area contributed by atoms with E-state index in [2.05, 4.69) is 118 Å². The number of nitrogens with two attached hydrogens (primary N) is 2. The van der Waals surface area contributed by atoms with Crippen LogP contribution in [-0.4, -0.2) is 182 Å². The van der Waals surface area contributed by atoms with E-state index in [1.807, 2.05) is 139 Å². The van der Waals surface area contributed by atoms with Crippen LogP contribution in [0.1, 0.15) is 113 Å². The van der Waals surface area contributed by atoms with Crippen molar-refractivity contribution in [1.29, 1.82) is 0 Å². The van der Waals surface area contributed by atoms with E-state index in [1.165, 1.54) is 15.2 Å². The smallest absolute Gasteiger partial charge is 0.471 e. The van der Waals surface area contributed by atoms with Gasteiger partial charge in [-0.1, -0.05) is 127 Å². The average Bonchev–Trinajstić information content (AvgIpc) is 0.942. The molecule has 3 saturated heterocycles. The van der Waals surface area contributed by atoms with Crippen molar-refractivity contribution in [3.05, 3.63) is 197 Å². The highest BCUT2D eigenvalue weighted by Gasteiger charge is 2.44. The third-order valence-electron chi connectivity index (χ3n) is 18.9. The predicted molar refractivity (Wildman–Crippen MR) is 394 cm³/mol. The number of ether oxygens (including phenoxy) is 5. The van der Waals surface area contributed by atoms with E-state index in [9.17, 15) is 27.6 Å². The molecule has 0 bridgehead atoms. The van der Waals surface area contributed by atoms with Gasteiger partial charge in [-0.25, -0.2) is 9.59 Å². The van der Waals surface area contributed by atoms with Gasteiger partial charge in [-0.3, -0.25) is 4.79 Å². The Balaban J connectivity index is 0.000000144. The Morgan fingerprint density at radius 2 is 0.766 bits per heavy atom. The number of hydrogen-bond donors (Lipinski definition) is 4. The van der Waals surface area contributed by atoms with Gasteiger partial charge in [-0.15, -0.1) is 30.6 Å². The van der Waals surface area contributed by atoms with E-state index >= 15 is 0 Å². The van der Waals surface area contributed by atoms with E-state index in [0.29, 0.717) is 101 Å². The lowest BCUT2D eigenvalue weighted by atomic mass is 9.83. The molecule has 6 aromatic carbocycles. The SMILES string of the molecule is CC(C)(C)OC(=O)N1CCC2(C=C(c3ccc(-c4nnn(CCN)n4)cc3)c3ccccc3O2)CC1.CC(C)(C)OC(=O)N1CCC2(C=C(c3ccc(-c4nnn(CCNC(=O)C(F)(F)F)n4)cc3)c3ccccc3O2)CC1.NCCn1nnc(-c2ccc(C3=CC4(CCNCC4)Oc4ccccc43)cc2)n1. The molecule has 0 unspecified atom stereocenters. The molecule has 0 aliphatic carbocycles. The lowest BCUT2D eigenvalue weighted by molar-refractivity contribution is -0.173. The van der Waals surface area contributed by atoms with Crippen molar-refractivity contribution in [2.75, 3.05) is 58.9 Å². The Labute approximate surface area is 617 Å². The van der Waals surface area contributed by atoms with Crippen LogP contribution in [0.25, 0.3) is 50.9 Å². The van der Waals surface area contributed by atoms with Gasteiger partial charge in [0, 0.05) is 118 Å². The molecular formula is C78H87F3N18O8. The summed E-state index contributed by atoms with van der Waals surface area (Å²) in [4.78, 5) is 43.8. The molecule has 6 aliphatic heterocycles. The molecule has 558 valence electrons. The molecule has 6 N–H and O–H groups in total. The molecule has 3 amide bonds. The van der Waals surface area contributed by atoms with Crippen molar-refractivity contribution in [2.24, 2.45) is 11.5 Å². The Bertz CT molecular complexity index is 4730. The monoisotopic (exact) mass is 1460 g/mol. The van der Waals surface area contributed by atoms with Crippen molar-refractivity contribution < 1.29 is 51.2 Å². The Morgan fingerprint density at radius 3 is 1.08 bits per heavy atom. The van der Waals surface area contributed by atoms with Gasteiger partial charge >= 0.3 is 24.3 Å². The van der Waals surface area contributed by atoms with Crippen molar-refractivity contribution >= 4 is 34.8 Å². The zero-order valence-electron chi connectivity index (χ0n) is 60.6. The fourth-order valence-electron chi connectivity index (χ4n) is 13.6. The third kappa shape index (κ3) is 17.7. The van der Waals surface area contributed by atoms with Gasteiger partial charge in [0.15, 0.2) is 0 Å². The van der Waals surface area contributed by atoms with Crippen molar-refractivity contribution in [2.45, 2.75) is 134 Å². The minimum atomic E-state index is -4.94. The number of nitrogens with one attached hydrogen (secondary N) is 2. The third-order valence-corrected chi connectivity index (χ3v) is 18.9. The van der Waals surface area contributed by atoms with Crippen LogP contribution < -0.4 is 36.3 Å². The van der Waals surface area contributed by atoms with E-state index in [4.69, 9.17) is 35.2 Å². The molecule has 107 heavy (non-hydrogen) atoms. The first-order chi connectivity index (χ1) is 51.3.